The molecular weight excluding hydrogens is 126 g/mol. The molecule has 1 N–H and O–H groups in total. The molecule has 49 valence electrons. The van der Waals surface area contributed by atoms with Crippen LogP contribution in [0.2, 0.25) is 0 Å². The summed E-state index contributed by atoms with van der Waals surface area (Å²) in [7, 11) is 0. The average Bonchev–Trinajstić information content (AvgIpc) is 2.05. The van der Waals surface area contributed by atoms with Gasteiger partial charge in [-0.2, -0.15) is 0 Å². The Bertz CT molecular complexity index is 258. The third-order valence-electron chi connectivity index (χ3n) is 1.33. The predicted octanol–water partition coefficient (Wildman–Crippen LogP) is 0.475. The summed E-state index contributed by atoms with van der Waals surface area (Å²) >= 11 is 0. The summed E-state index contributed by atoms with van der Waals surface area (Å²) in [5.74, 6) is 0. The number of aliphatic imine (C=N–C) groups is 1. The summed E-state index contributed by atoms with van der Waals surface area (Å²) < 4.78 is 0. The van der Waals surface area contributed by atoms with Crippen molar-refractivity contribution in [2.75, 3.05) is 0 Å². The van der Waals surface area contributed by atoms with Crippen molar-refractivity contribution >= 4 is 5.71 Å². The molecule has 0 amide bonds. The highest BCUT2D eigenvalue weighted by atomic mass is 15.0. The molecule has 2 aliphatic rings. The highest BCUT2D eigenvalue weighted by Gasteiger charge is 2.07. The quantitative estimate of drug-likeness (QED) is 0.511. The summed E-state index contributed by atoms with van der Waals surface area (Å²) in [6, 6.07) is 0. The lowest BCUT2D eigenvalue weighted by Gasteiger charge is -2.12. The Labute approximate surface area is 58.8 Å². The van der Waals surface area contributed by atoms with Gasteiger partial charge in [-0.15, -0.1) is 0 Å². The Morgan fingerprint density at radius 1 is 1.30 bits per heavy atom. The molecule has 2 rings (SSSR count). The van der Waals surface area contributed by atoms with E-state index in [9.17, 15) is 0 Å². The van der Waals surface area contributed by atoms with Crippen molar-refractivity contribution in [2.45, 2.75) is 0 Å². The molecule has 1 radical (unpaired) electrons. The van der Waals surface area contributed by atoms with E-state index in [1.54, 1.807) is 24.8 Å². The van der Waals surface area contributed by atoms with E-state index in [2.05, 4.69) is 15.6 Å². The van der Waals surface area contributed by atoms with E-state index in [-0.39, 0.29) is 0 Å². The van der Waals surface area contributed by atoms with Crippen LogP contribution < -0.4 is 10.6 Å². The van der Waals surface area contributed by atoms with Gasteiger partial charge in [0, 0.05) is 18.6 Å². The molecule has 0 unspecified atom stereocenters. The summed E-state index contributed by atoms with van der Waals surface area (Å²) in [5.41, 5.74) is 1.91. The third-order valence-corrected chi connectivity index (χ3v) is 1.33. The van der Waals surface area contributed by atoms with Crippen molar-refractivity contribution in [3.8, 4) is 0 Å². The molecule has 0 aliphatic carbocycles. The number of allylic oxidation sites excluding steroid dienone is 1. The molecule has 0 spiro atoms. The second kappa shape index (κ2) is 2.02. The molecule has 0 fully saturated rings. The molecule has 0 atom stereocenters. The predicted molar refractivity (Wildman–Crippen MR) is 39.1 cm³/mol. The molecule has 0 aromatic heterocycles. The monoisotopic (exact) mass is 132 g/mol. The van der Waals surface area contributed by atoms with Crippen molar-refractivity contribution in [3.05, 3.63) is 36.6 Å². The Kier molecular flexibility index (Phi) is 1.07. The van der Waals surface area contributed by atoms with E-state index in [1.165, 1.54) is 0 Å². The van der Waals surface area contributed by atoms with Crippen LogP contribution in [0.15, 0.2) is 41.6 Å². The molecule has 0 aromatic rings. The highest BCUT2D eigenvalue weighted by Crippen LogP contribution is 2.04. The minimum absolute atomic E-state index is 0.942. The first-order valence-corrected chi connectivity index (χ1v) is 3.03. The summed E-state index contributed by atoms with van der Waals surface area (Å²) in [6.45, 7) is 0. The molecule has 3 heteroatoms. The van der Waals surface area contributed by atoms with Crippen LogP contribution in [-0.4, -0.2) is 5.71 Å². The molecule has 0 saturated carbocycles. The van der Waals surface area contributed by atoms with Gasteiger partial charge in [0.2, 0.25) is 0 Å². The van der Waals surface area contributed by atoms with Gasteiger partial charge >= 0.3 is 0 Å². The lowest BCUT2D eigenvalue weighted by atomic mass is 10.2. The molecule has 0 saturated heterocycles. The number of hydrogen-bond donors (Lipinski definition) is 1. The van der Waals surface area contributed by atoms with E-state index in [0.717, 1.165) is 11.4 Å². The second-order valence-corrected chi connectivity index (χ2v) is 1.98. The first-order chi connectivity index (χ1) is 4.97. The number of hydrogen-bond acceptors (Lipinski definition) is 2. The number of fused-ring (bicyclic) bond motifs is 1. The number of nitrogens with zero attached hydrogens (tertiary/aromatic N) is 2. The van der Waals surface area contributed by atoms with Gasteiger partial charge in [-0.05, 0) is 6.08 Å². The molecular formula is C7H6N3. The molecule has 0 aromatic carbocycles. The topological polar surface area (TPSA) is 38.5 Å². The van der Waals surface area contributed by atoms with Crippen LogP contribution in [0.3, 0.4) is 0 Å². The van der Waals surface area contributed by atoms with Crippen LogP contribution in [0.5, 0.6) is 0 Å². The second-order valence-electron chi connectivity index (χ2n) is 1.98. The van der Waals surface area contributed by atoms with Gasteiger partial charge in [0.1, 0.15) is 0 Å². The Balaban J connectivity index is 2.39. The summed E-state index contributed by atoms with van der Waals surface area (Å²) in [6.07, 6.45) is 8.85. The van der Waals surface area contributed by atoms with Gasteiger partial charge in [0.25, 0.3) is 0 Å². The maximum absolute atomic E-state index is 4.11. The lowest BCUT2D eigenvalue weighted by Crippen LogP contribution is -2.20. The van der Waals surface area contributed by atoms with Gasteiger partial charge in [-0.1, -0.05) is 0 Å². The van der Waals surface area contributed by atoms with Crippen LogP contribution in [0.4, 0.5) is 0 Å². The van der Waals surface area contributed by atoms with E-state index in [4.69, 9.17) is 0 Å². The fraction of sp³-hybridized carbons (Fsp3) is 0. The van der Waals surface area contributed by atoms with E-state index < -0.39 is 0 Å². The zero-order chi connectivity index (χ0) is 6.81. The normalized spacial score (nSPS) is 20.0. The first kappa shape index (κ1) is 5.29. The Morgan fingerprint density at radius 3 is 3.20 bits per heavy atom. The fourth-order valence-corrected chi connectivity index (χ4v) is 0.856. The Hall–Kier alpha value is -1.51. The molecule has 2 aliphatic heterocycles. The number of nitrogens with one attached hydrogen (secondary N) is 1. The van der Waals surface area contributed by atoms with Gasteiger partial charge in [0.15, 0.2) is 0 Å². The maximum atomic E-state index is 4.11. The molecule has 2 heterocycles. The van der Waals surface area contributed by atoms with Crippen LogP contribution in [0.25, 0.3) is 0 Å². The zero-order valence-corrected chi connectivity index (χ0v) is 5.28. The fourth-order valence-electron chi connectivity index (χ4n) is 0.856. The van der Waals surface area contributed by atoms with E-state index in [1.807, 2.05) is 6.08 Å². The van der Waals surface area contributed by atoms with Gasteiger partial charge in [-0.25, -0.2) is 0 Å². The minimum Gasteiger partial charge on any atom is -0.357 e. The smallest absolute Gasteiger partial charge is 0.0896 e. The first-order valence-electron chi connectivity index (χ1n) is 3.03. The van der Waals surface area contributed by atoms with E-state index in [0.29, 0.717) is 0 Å². The van der Waals surface area contributed by atoms with Crippen LogP contribution in [0.1, 0.15) is 0 Å². The largest absolute Gasteiger partial charge is 0.357 e. The minimum atomic E-state index is 0.942. The standard InChI is InChI=1S/C7H6N3/c1-2-8-5-7-6(1)9-3-4-10-7/h1-5,10H. The highest BCUT2D eigenvalue weighted by molar-refractivity contribution is 6.09. The van der Waals surface area contributed by atoms with Crippen molar-refractivity contribution in [1.29, 1.82) is 0 Å². The zero-order valence-electron chi connectivity index (χ0n) is 5.28. The van der Waals surface area contributed by atoms with Crippen molar-refractivity contribution in [1.82, 2.24) is 10.6 Å². The number of rotatable bonds is 0. The maximum Gasteiger partial charge on any atom is 0.0896 e. The van der Waals surface area contributed by atoms with Crippen molar-refractivity contribution in [2.24, 2.45) is 4.99 Å². The lowest BCUT2D eigenvalue weighted by molar-refractivity contribution is 1.03. The molecule has 3 nitrogen and oxygen atoms in total. The van der Waals surface area contributed by atoms with Gasteiger partial charge in [-0.3, -0.25) is 10.3 Å². The summed E-state index contributed by atoms with van der Waals surface area (Å²) in [4.78, 5) is 4.11. The Morgan fingerprint density at radius 2 is 2.30 bits per heavy atom. The van der Waals surface area contributed by atoms with Crippen LogP contribution in [0, 0.1) is 0 Å². The van der Waals surface area contributed by atoms with Crippen molar-refractivity contribution < 1.29 is 0 Å². The third kappa shape index (κ3) is 0.719. The van der Waals surface area contributed by atoms with Gasteiger partial charge < -0.3 is 5.32 Å². The summed E-state index contributed by atoms with van der Waals surface area (Å²) in [5, 5.41) is 6.97. The van der Waals surface area contributed by atoms with Crippen LogP contribution >= 0.6 is 0 Å². The van der Waals surface area contributed by atoms with E-state index >= 15 is 0 Å². The molecule has 10 heavy (non-hydrogen) atoms. The van der Waals surface area contributed by atoms with Crippen LogP contribution in [-0.2, 0) is 0 Å². The van der Waals surface area contributed by atoms with Crippen molar-refractivity contribution in [3.63, 3.8) is 0 Å². The average molecular weight is 132 g/mol. The molecule has 0 bridgehead atoms. The van der Waals surface area contributed by atoms with Gasteiger partial charge in [0.05, 0.1) is 17.6 Å². The SMILES string of the molecule is C1=CC2=NC=CNC2=C[N]1.